The van der Waals surface area contributed by atoms with Crippen molar-refractivity contribution in [2.24, 2.45) is 0 Å². The van der Waals surface area contributed by atoms with Gasteiger partial charge in [0.1, 0.15) is 18.4 Å². The molecule has 1 aromatic carbocycles. The molecule has 2 atom stereocenters. The van der Waals surface area contributed by atoms with E-state index in [4.69, 9.17) is 21.1 Å². The largest absolute Gasteiger partial charge is 0.489 e. The smallest absolute Gasteiger partial charge is 0.415 e. The maximum atomic E-state index is 12.5. The van der Waals surface area contributed by atoms with Crippen LogP contribution < -0.4 is 14.5 Å². The quantitative estimate of drug-likeness (QED) is 0.703. The van der Waals surface area contributed by atoms with Crippen LogP contribution >= 0.6 is 22.9 Å². The summed E-state index contributed by atoms with van der Waals surface area (Å²) < 4.78 is 12.6. The van der Waals surface area contributed by atoms with Gasteiger partial charge in [-0.2, -0.15) is 0 Å². The van der Waals surface area contributed by atoms with E-state index in [-0.39, 0.29) is 19.1 Å². The van der Waals surface area contributed by atoms with E-state index in [2.05, 4.69) is 0 Å². The molecule has 3 heterocycles. The minimum absolute atomic E-state index is 0.0202. The number of nitrogens with zero attached hydrogens (tertiary/aromatic N) is 3. The number of thiophene rings is 1. The molecule has 2 unspecified atom stereocenters. The summed E-state index contributed by atoms with van der Waals surface area (Å²) in [6, 6.07) is 8.03. The Hall–Kier alpha value is -2.65. The number of hydrogen-bond donors (Lipinski definition) is 0. The Bertz CT molecular complexity index is 978. The van der Waals surface area contributed by atoms with Crippen molar-refractivity contribution in [3.8, 4) is 5.75 Å². The topological polar surface area (TPSA) is 79.2 Å². The van der Waals surface area contributed by atoms with Crippen molar-refractivity contribution in [2.45, 2.75) is 19.1 Å². The lowest BCUT2D eigenvalue weighted by molar-refractivity contribution is -0.469. The molecule has 10 heteroatoms. The average Bonchev–Trinajstić information content (AvgIpc) is 3.24. The van der Waals surface area contributed by atoms with Crippen LogP contribution in [0.2, 0.25) is 4.34 Å². The third kappa shape index (κ3) is 3.20. The number of anilines is 2. The van der Waals surface area contributed by atoms with Gasteiger partial charge in [0.25, 0.3) is 0 Å². The van der Waals surface area contributed by atoms with Crippen LogP contribution in [-0.2, 0) is 9.53 Å². The van der Waals surface area contributed by atoms with Crippen molar-refractivity contribution in [1.29, 1.82) is 0 Å². The molecule has 1 saturated heterocycles. The summed E-state index contributed by atoms with van der Waals surface area (Å²) in [7, 11) is 1.66. The van der Waals surface area contributed by atoms with Crippen LogP contribution in [0.25, 0.3) is 0 Å². The molecule has 0 bridgehead atoms. The number of cyclic esters (lactones) is 1. The number of rotatable bonds is 4. The van der Waals surface area contributed by atoms with E-state index in [1.54, 1.807) is 37.4 Å². The van der Waals surface area contributed by atoms with Crippen LogP contribution in [-0.4, -0.2) is 49.1 Å². The molecule has 0 radical (unpaired) electrons. The first-order chi connectivity index (χ1) is 13.3. The monoisotopic (exact) mass is 422 g/mol. The zero-order valence-corrected chi connectivity index (χ0v) is 16.7. The number of carbonyl (C=O) groups excluding carboxylic acids is 2. The summed E-state index contributed by atoms with van der Waals surface area (Å²) in [5.41, 5.74) is 1.22. The lowest BCUT2D eigenvalue weighted by atomic mass is 10.1. The summed E-state index contributed by atoms with van der Waals surface area (Å²) in [6.45, 7) is 1.64. The zero-order valence-electron chi connectivity index (χ0n) is 15.1. The molecule has 4 rings (SSSR count). The van der Waals surface area contributed by atoms with Gasteiger partial charge in [0.2, 0.25) is 12.5 Å². The van der Waals surface area contributed by atoms with E-state index >= 15 is 0 Å². The molecule has 2 aromatic rings. The number of halogens is 1. The fraction of sp³-hybridized carbons (Fsp3) is 0.333. The molecule has 0 spiro atoms. The van der Waals surface area contributed by atoms with Gasteiger partial charge in [-0.3, -0.25) is 9.69 Å². The minimum atomic E-state index is -0.640. The molecule has 0 saturated carbocycles. The molecule has 28 heavy (non-hydrogen) atoms. The van der Waals surface area contributed by atoms with Crippen LogP contribution in [0.15, 0.2) is 30.3 Å². The second kappa shape index (κ2) is 7.06. The van der Waals surface area contributed by atoms with Crippen molar-refractivity contribution in [2.75, 3.05) is 30.0 Å². The third-order valence-corrected chi connectivity index (χ3v) is 6.07. The lowest BCUT2D eigenvalue weighted by Crippen LogP contribution is -2.46. The number of hydrogen-bond acceptors (Lipinski definition) is 6. The van der Waals surface area contributed by atoms with Crippen LogP contribution in [0.5, 0.6) is 5.75 Å². The number of ether oxygens (including phenoxy) is 2. The van der Waals surface area contributed by atoms with Gasteiger partial charge in [-0.15, -0.1) is 0 Å². The second-order valence-corrected chi connectivity index (χ2v) is 8.23. The highest BCUT2D eigenvalue weighted by Gasteiger charge is 2.49. The standard InChI is InChI=1S/C18H17ClN3O5S/c1-10(23)20(2)11-3-4-12-14(7-11)26-9-13-15(27-18(24)22(12)13)8-21(25)17-6-5-16(19)28-17/h3-7,13,15H,8-9H2,1-2H3/q+1. The van der Waals surface area contributed by atoms with Gasteiger partial charge in [0.05, 0.1) is 14.8 Å². The first-order valence-corrected chi connectivity index (χ1v) is 9.75. The molecule has 0 N–H and O–H groups in total. The Morgan fingerprint density at radius 3 is 2.86 bits per heavy atom. The number of carbonyl (C=O) groups is 2. The van der Waals surface area contributed by atoms with E-state index in [0.29, 0.717) is 26.5 Å². The van der Waals surface area contributed by atoms with Crippen LogP contribution in [0.1, 0.15) is 6.92 Å². The normalized spacial score (nSPS) is 20.1. The van der Waals surface area contributed by atoms with Crippen molar-refractivity contribution < 1.29 is 23.8 Å². The maximum Gasteiger partial charge on any atom is 0.415 e. The Kier molecular flexibility index (Phi) is 4.72. The van der Waals surface area contributed by atoms with E-state index in [1.165, 1.54) is 28.1 Å². The van der Waals surface area contributed by atoms with Crippen molar-refractivity contribution in [1.82, 2.24) is 0 Å². The van der Waals surface area contributed by atoms with Crippen LogP contribution in [0.3, 0.4) is 0 Å². The number of benzene rings is 1. The molecule has 2 aliphatic rings. The molecule has 8 nitrogen and oxygen atoms in total. The molecule has 1 aromatic heterocycles. The first-order valence-electron chi connectivity index (χ1n) is 8.56. The maximum absolute atomic E-state index is 12.5. The summed E-state index contributed by atoms with van der Waals surface area (Å²) in [5, 5.41) is 0.452. The van der Waals surface area contributed by atoms with Gasteiger partial charge < -0.3 is 14.4 Å². The summed E-state index contributed by atoms with van der Waals surface area (Å²) in [6.07, 6.45) is -1.16. The Morgan fingerprint density at radius 1 is 1.39 bits per heavy atom. The minimum Gasteiger partial charge on any atom is -0.489 e. The number of amides is 2. The van der Waals surface area contributed by atoms with Crippen LogP contribution in [0.4, 0.5) is 21.2 Å². The highest BCUT2D eigenvalue weighted by molar-refractivity contribution is 7.19. The van der Waals surface area contributed by atoms with Crippen molar-refractivity contribution >= 4 is 51.3 Å². The summed E-state index contributed by atoms with van der Waals surface area (Å²) >= 11 is 7.05. The van der Waals surface area contributed by atoms with Gasteiger partial charge in [-0.25, -0.2) is 4.79 Å². The second-order valence-electron chi connectivity index (χ2n) is 6.54. The van der Waals surface area contributed by atoms with Gasteiger partial charge in [-0.1, -0.05) is 22.9 Å². The highest BCUT2D eigenvalue weighted by atomic mass is 35.5. The molecule has 2 amide bonds. The van der Waals surface area contributed by atoms with E-state index in [1.807, 2.05) is 0 Å². The molecular weight excluding hydrogens is 406 g/mol. The van der Waals surface area contributed by atoms with Gasteiger partial charge in [-0.05, 0) is 18.2 Å². The van der Waals surface area contributed by atoms with Crippen molar-refractivity contribution in [3.05, 3.63) is 39.6 Å². The Morgan fingerprint density at radius 2 is 2.18 bits per heavy atom. The highest BCUT2D eigenvalue weighted by Crippen LogP contribution is 2.41. The van der Waals surface area contributed by atoms with Gasteiger partial charge >= 0.3 is 11.1 Å². The van der Waals surface area contributed by atoms with E-state index < -0.39 is 18.2 Å². The number of fused-ring (bicyclic) bond motifs is 3. The fourth-order valence-electron chi connectivity index (χ4n) is 3.26. The first kappa shape index (κ1) is 18.7. The molecule has 2 aliphatic heterocycles. The third-order valence-electron chi connectivity index (χ3n) is 4.83. The molecular formula is C18H17ClN3O5S+. The number of nitroso groups, excluding NO2 is 1. The predicted octanol–water partition coefficient (Wildman–Crippen LogP) is 3.58. The van der Waals surface area contributed by atoms with Gasteiger partial charge in [0, 0.05) is 36.7 Å². The SMILES string of the molecule is CC(=O)N(C)c1ccc2c(c1)OCC1C(C[N+](=O)c3ccc(Cl)s3)OC(=O)N21. The molecule has 0 aliphatic carbocycles. The summed E-state index contributed by atoms with van der Waals surface area (Å²) in [4.78, 5) is 39.4. The van der Waals surface area contributed by atoms with Gasteiger partial charge in [0.15, 0.2) is 6.10 Å². The Balaban J connectivity index is 1.56. The predicted molar refractivity (Wildman–Crippen MR) is 105 cm³/mol. The molecule has 146 valence electrons. The van der Waals surface area contributed by atoms with Crippen molar-refractivity contribution in [3.63, 3.8) is 0 Å². The average molecular weight is 423 g/mol. The fourth-order valence-corrected chi connectivity index (χ4v) is 4.21. The van der Waals surface area contributed by atoms with E-state index in [9.17, 15) is 14.5 Å². The zero-order chi connectivity index (χ0) is 20.0. The molecule has 1 fully saturated rings. The Labute approximate surface area is 169 Å². The summed E-state index contributed by atoms with van der Waals surface area (Å²) in [5.74, 6) is 0.377. The van der Waals surface area contributed by atoms with Crippen LogP contribution in [0, 0.1) is 4.91 Å². The lowest BCUT2D eigenvalue weighted by Gasteiger charge is -2.31. The van der Waals surface area contributed by atoms with E-state index in [0.717, 1.165) is 4.76 Å².